The summed E-state index contributed by atoms with van der Waals surface area (Å²) < 4.78 is 90.1. The number of amides is 1. The van der Waals surface area contributed by atoms with E-state index < -0.39 is 30.0 Å². The van der Waals surface area contributed by atoms with Crippen molar-refractivity contribution in [2.45, 2.75) is 18.4 Å². The molecule has 13 heteroatoms. The Labute approximate surface area is 133 Å². The number of hydrogen-bond donors (Lipinski definition) is 0. The van der Waals surface area contributed by atoms with E-state index in [1.54, 1.807) is 0 Å². The molecule has 0 saturated carbocycles. The van der Waals surface area contributed by atoms with Crippen molar-refractivity contribution in [1.29, 1.82) is 0 Å². The third-order valence-electron chi connectivity index (χ3n) is 2.32. The SMILES string of the molecule is CN(C(=O)C(F)(F)C(F)(F)OC(F)(F)F)c1cc(Cl)nc(Cl)c1. The first-order chi connectivity index (χ1) is 10.2. The van der Waals surface area contributed by atoms with Crippen molar-refractivity contribution in [2.75, 3.05) is 11.9 Å². The molecular formula is C10H5Cl2F7N2O2. The molecule has 0 radical (unpaired) electrons. The Morgan fingerprint density at radius 2 is 1.52 bits per heavy atom. The molecule has 1 amide bonds. The van der Waals surface area contributed by atoms with Crippen LogP contribution in [-0.2, 0) is 9.53 Å². The van der Waals surface area contributed by atoms with Crippen LogP contribution >= 0.6 is 23.2 Å². The molecule has 0 spiro atoms. The number of rotatable bonds is 4. The second-order valence-electron chi connectivity index (χ2n) is 3.97. The van der Waals surface area contributed by atoms with Crippen LogP contribution in [0.2, 0.25) is 10.3 Å². The highest BCUT2D eigenvalue weighted by Crippen LogP contribution is 2.41. The minimum Gasteiger partial charge on any atom is -0.310 e. The highest BCUT2D eigenvalue weighted by molar-refractivity contribution is 6.33. The van der Waals surface area contributed by atoms with Crippen LogP contribution in [0.3, 0.4) is 0 Å². The summed E-state index contributed by atoms with van der Waals surface area (Å²) >= 11 is 10.9. The summed E-state index contributed by atoms with van der Waals surface area (Å²) in [5.74, 6) is -8.50. The minimum absolute atomic E-state index is 0.0624. The molecule has 130 valence electrons. The van der Waals surface area contributed by atoms with Gasteiger partial charge in [-0.1, -0.05) is 23.2 Å². The molecule has 1 aromatic heterocycles. The fourth-order valence-electron chi connectivity index (χ4n) is 1.31. The molecule has 23 heavy (non-hydrogen) atoms. The molecule has 0 aromatic carbocycles. The van der Waals surface area contributed by atoms with Gasteiger partial charge in [-0.3, -0.25) is 4.79 Å². The number of pyridine rings is 1. The molecule has 1 rings (SSSR count). The number of carbonyl (C=O) groups is 1. The van der Waals surface area contributed by atoms with Gasteiger partial charge in [-0.25, -0.2) is 9.72 Å². The largest absolute Gasteiger partial charge is 0.527 e. The molecule has 0 atom stereocenters. The van der Waals surface area contributed by atoms with Crippen LogP contribution < -0.4 is 4.90 Å². The topological polar surface area (TPSA) is 42.4 Å². The highest BCUT2D eigenvalue weighted by atomic mass is 35.5. The van der Waals surface area contributed by atoms with Crippen LogP contribution in [0.4, 0.5) is 36.4 Å². The van der Waals surface area contributed by atoms with E-state index in [4.69, 9.17) is 23.2 Å². The van der Waals surface area contributed by atoms with Gasteiger partial charge < -0.3 is 4.90 Å². The number of aromatic nitrogens is 1. The molecule has 1 heterocycles. The van der Waals surface area contributed by atoms with Gasteiger partial charge in [0.1, 0.15) is 10.3 Å². The number of nitrogens with zero attached hydrogens (tertiary/aromatic N) is 2. The van der Waals surface area contributed by atoms with E-state index in [0.29, 0.717) is 7.05 Å². The molecule has 1 aromatic rings. The Morgan fingerprint density at radius 1 is 1.09 bits per heavy atom. The summed E-state index contributed by atoms with van der Waals surface area (Å²) in [5.41, 5.74) is -0.498. The molecular weight excluding hydrogens is 384 g/mol. The van der Waals surface area contributed by atoms with Gasteiger partial charge in [0.2, 0.25) is 0 Å². The fourth-order valence-corrected chi connectivity index (χ4v) is 1.76. The van der Waals surface area contributed by atoms with E-state index in [-0.39, 0.29) is 15.2 Å². The number of hydrogen-bond acceptors (Lipinski definition) is 3. The summed E-state index contributed by atoms with van der Waals surface area (Å²) in [5, 5.41) is -0.734. The molecule has 0 bridgehead atoms. The summed E-state index contributed by atoms with van der Waals surface area (Å²) in [6.07, 6.45) is -12.2. The van der Waals surface area contributed by atoms with Crippen LogP contribution in [0.15, 0.2) is 12.1 Å². The zero-order valence-corrected chi connectivity index (χ0v) is 12.3. The lowest BCUT2D eigenvalue weighted by Crippen LogP contribution is -2.56. The molecule has 0 aliphatic rings. The minimum atomic E-state index is -6.13. The normalized spacial score (nSPS) is 13.1. The van der Waals surface area contributed by atoms with Crippen molar-refractivity contribution < 1.29 is 40.3 Å². The summed E-state index contributed by atoms with van der Waals surface area (Å²) in [6.45, 7) is 0. The molecule has 0 saturated heterocycles. The van der Waals surface area contributed by atoms with Crippen molar-refractivity contribution >= 4 is 34.8 Å². The lowest BCUT2D eigenvalue weighted by Gasteiger charge is -2.29. The van der Waals surface area contributed by atoms with E-state index >= 15 is 0 Å². The number of ether oxygens (including phenoxy) is 1. The van der Waals surface area contributed by atoms with E-state index in [9.17, 15) is 35.5 Å². The molecule has 0 fully saturated rings. The molecule has 0 unspecified atom stereocenters. The Balaban J connectivity index is 3.14. The second-order valence-corrected chi connectivity index (χ2v) is 4.75. The molecule has 0 N–H and O–H groups in total. The Bertz CT molecular complexity index is 589. The summed E-state index contributed by atoms with van der Waals surface area (Å²) in [7, 11) is 0.599. The number of halogens is 9. The van der Waals surface area contributed by atoms with Crippen molar-refractivity contribution in [3.8, 4) is 0 Å². The smallest absolute Gasteiger partial charge is 0.310 e. The van der Waals surface area contributed by atoms with E-state index in [2.05, 4.69) is 4.98 Å². The third-order valence-corrected chi connectivity index (χ3v) is 2.70. The Hall–Kier alpha value is -1.33. The summed E-state index contributed by atoms with van der Waals surface area (Å²) in [6, 6.07) is 1.62. The predicted octanol–water partition coefficient (Wildman–Crippen LogP) is 4.12. The Morgan fingerprint density at radius 3 is 1.91 bits per heavy atom. The van der Waals surface area contributed by atoms with Gasteiger partial charge in [-0.05, 0) is 12.1 Å². The maximum absolute atomic E-state index is 13.4. The van der Waals surface area contributed by atoms with Crippen molar-refractivity contribution in [3.63, 3.8) is 0 Å². The van der Waals surface area contributed by atoms with Crippen LogP contribution in [0, 0.1) is 0 Å². The first-order valence-corrected chi connectivity index (χ1v) is 6.07. The van der Waals surface area contributed by atoms with Gasteiger partial charge in [0, 0.05) is 12.7 Å². The highest BCUT2D eigenvalue weighted by Gasteiger charge is 2.68. The number of anilines is 1. The quantitative estimate of drug-likeness (QED) is 0.575. The maximum Gasteiger partial charge on any atom is 0.527 e. The van der Waals surface area contributed by atoms with Gasteiger partial charge >= 0.3 is 24.3 Å². The van der Waals surface area contributed by atoms with Gasteiger partial charge in [0.05, 0.1) is 0 Å². The lowest BCUT2D eigenvalue weighted by molar-refractivity contribution is -0.457. The van der Waals surface area contributed by atoms with E-state index in [1.165, 1.54) is 0 Å². The average Bonchev–Trinajstić information content (AvgIpc) is 2.32. The van der Waals surface area contributed by atoms with Crippen LogP contribution in [0.5, 0.6) is 0 Å². The van der Waals surface area contributed by atoms with Gasteiger partial charge in [0.15, 0.2) is 0 Å². The molecule has 4 nitrogen and oxygen atoms in total. The van der Waals surface area contributed by atoms with E-state index in [0.717, 1.165) is 12.1 Å². The maximum atomic E-state index is 13.4. The van der Waals surface area contributed by atoms with Crippen molar-refractivity contribution in [3.05, 3.63) is 22.4 Å². The third kappa shape index (κ3) is 4.58. The summed E-state index contributed by atoms with van der Waals surface area (Å²) in [4.78, 5) is 14.8. The zero-order chi connectivity index (χ0) is 18.2. The first-order valence-electron chi connectivity index (χ1n) is 5.31. The van der Waals surface area contributed by atoms with Crippen LogP contribution in [-0.4, -0.2) is 36.3 Å². The molecule has 0 aliphatic carbocycles. The van der Waals surface area contributed by atoms with Gasteiger partial charge in [0.25, 0.3) is 0 Å². The van der Waals surface area contributed by atoms with Crippen LogP contribution in [0.25, 0.3) is 0 Å². The lowest BCUT2D eigenvalue weighted by atomic mass is 10.2. The van der Waals surface area contributed by atoms with Crippen molar-refractivity contribution in [2.24, 2.45) is 0 Å². The second kappa shape index (κ2) is 6.29. The predicted molar refractivity (Wildman–Crippen MR) is 64.7 cm³/mol. The van der Waals surface area contributed by atoms with E-state index in [1.807, 2.05) is 4.74 Å². The fraction of sp³-hybridized carbons (Fsp3) is 0.400. The van der Waals surface area contributed by atoms with Crippen molar-refractivity contribution in [1.82, 2.24) is 4.98 Å². The number of carbonyl (C=O) groups excluding carboxylic acids is 1. The van der Waals surface area contributed by atoms with Gasteiger partial charge in [-0.15, -0.1) is 13.2 Å². The Kier molecular flexibility index (Phi) is 5.39. The zero-order valence-electron chi connectivity index (χ0n) is 10.8. The van der Waals surface area contributed by atoms with Gasteiger partial charge in [-0.2, -0.15) is 17.6 Å². The van der Waals surface area contributed by atoms with Crippen LogP contribution in [0.1, 0.15) is 0 Å². The average molecular weight is 389 g/mol. The first kappa shape index (κ1) is 19.7. The monoisotopic (exact) mass is 388 g/mol. The number of alkyl halides is 7. The standard InChI is InChI=1S/C10H5Cl2F7N2O2/c1-21(4-2-5(11)20-6(12)3-4)7(22)8(13,14)9(15,16)23-10(17,18)19/h2-3H,1H3. The molecule has 0 aliphatic heterocycles.